The molecule has 0 saturated heterocycles. The van der Waals surface area contributed by atoms with Crippen LogP contribution >= 0.6 is 0 Å². The molecule has 0 saturated carbocycles. The van der Waals surface area contributed by atoms with Crippen molar-refractivity contribution in [3.05, 3.63) is 29.8 Å². The van der Waals surface area contributed by atoms with E-state index in [4.69, 9.17) is 9.29 Å². The number of esters is 1. The third-order valence-electron chi connectivity index (χ3n) is 2.09. The van der Waals surface area contributed by atoms with E-state index < -0.39 is 17.2 Å². The molecule has 0 heterocycles. The van der Waals surface area contributed by atoms with Crippen LogP contribution in [0.25, 0.3) is 0 Å². The normalized spacial score (nSPS) is 11.9. The van der Waals surface area contributed by atoms with Gasteiger partial charge in [-0.3, -0.25) is 13.7 Å². The molecule has 0 aliphatic carbocycles. The first-order valence-electron chi connectivity index (χ1n) is 5.15. The number of benzene rings is 1. The average molecular weight is 257 g/mol. The summed E-state index contributed by atoms with van der Waals surface area (Å²) in [5.41, 5.74) is 1.54. The van der Waals surface area contributed by atoms with Gasteiger partial charge in [-0.2, -0.15) is 0 Å². The van der Waals surface area contributed by atoms with Crippen molar-refractivity contribution in [3.63, 3.8) is 0 Å². The molecule has 1 unspecified atom stereocenters. The van der Waals surface area contributed by atoms with Gasteiger partial charge < -0.3 is 4.74 Å². The van der Waals surface area contributed by atoms with Gasteiger partial charge in [-0.05, 0) is 26.0 Å². The fourth-order valence-corrected chi connectivity index (χ4v) is 1.79. The van der Waals surface area contributed by atoms with Crippen LogP contribution in [-0.2, 0) is 20.8 Å². The van der Waals surface area contributed by atoms with Crippen LogP contribution in [0.3, 0.4) is 0 Å². The first-order chi connectivity index (χ1) is 8.04. The molecule has 1 atom stereocenters. The molecular formula is C11H15NO4S. The van der Waals surface area contributed by atoms with E-state index in [1.807, 2.05) is 6.92 Å². The maximum atomic E-state index is 11.3. The molecule has 1 aromatic carbocycles. The van der Waals surface area contributed by atoms with E-state index in [0.29, 0.717) is 5.69 Å². The zero-order chi connectivity index (χ0) is 12.8. The Morgan fingerprint density at radius 1 is 1.41 bits per heavy atom. The SMILES string of the molecule is CCOC(=O)CN(c1ccc(C)cc1)S(=O)O. The monoisotopic (exact) mass is 257 g/mol. The van der Waals surface area contributed by atoms with Crippen LogP contribution in [0.2, 0.25) is 0 Å². The second kappa shape index (κ2) is 6.36. The Labute approximate surface area is 103 Å². The fraction of sp³-hybridized carbons (Fsp3) is 0.364. The number of ether oxygens (including phenoxy) is 1. The summed E-state index contributed by atoms with van der Waals surface area (Å²) >= 11 is -2.25. The van der Waals surface area contributed by atoms with Gasteiger partial charge in [0.1, 0.15) is 6.54 Å². The molecule has 1 aromatic rings. The third kappa shape index (κ3) is 4.16. The zero-order valence-corrected chi connectivity index (χ0v) is 10.6. The van der Waals surface area contributed by atoms with E-state index in [1.165, 1.54) is 0 Å². The van der Waals surface area contributed by atoms with E-state index >= 15 is 0 Å². The van der Waals surface area contributed by atoms with Crippen molar-refractivity contribution < 1.29 is 18.3 Å². The van der Waals surface area contributed by atoms with Crippen molar-refractivity contribution in [2.24, 2.45) is 0 Å². The number of aryl methyl sites for hydroxylation is 1. The van der Waals surface area contributed by atoms with Crippen LogP contribution in [0.5, 0.6) is 0 Å². The quantitative estimate of drug-likeness (QED) is 0.641. The first-order valence-corrected chi connectivity index (χ1v) is 6.21. The lowest BCUT2D eigenvalue weighted by Gasteiger charge is -2.18. The van der Waals surface area contributed by atoms with Gasteiger partial charge in [0.05, 0.1) is 12.3 Å². The van der Waals surface area contributed by atoms with Crippen molar-refractivity contribution in [2.75, 3.05) is 17.5 Å². The molecule has 17 heavy (non-hydrogen) atoms. The number of carbonyl (C=O) groups excluding carboxylic acids is 1. The number of nitrogens with zero attached hydrogens (tertiary/aromatic N) is 1. The number of carbonyl (C=O) groups is 1. The Bertz CT molecular complexity index is 404. The lowest BCUT2D eigenvalue weighted by Crippen LogP contribution is -2.32. The van der Waals surface area contributed by atoms with Crippen molar-refractivity contribution in [1.82, 2.24) is 0 Å². The van der Waals surface area contributed by atoms with Gasteiger partial charge in [-0.25, -0.2) is 4.21 Å². The van der Waals surface area contributed by atoms with E-state index in [2.05, 4.69) is 0 Å². The van der Waals surface area contributed by atoms with E-state index in [9.17, 15) is 9.00 Å². The van der Waals surface area contributed by atoms with E-state index in [0.717, 1.165) is 9.87 Å². The number of rotatable bonds is 5. The second-order valence-electron chi connectivity index (χ2n) is 3.41. The summed E-state index contributed by atoms with van der Waals surface area (Å²) in [6.07, 6.45) is 0. The van der Waals surface area contributed by atoms with Gasteiger partial charge in [-0.1, -0.05) is 17.7 Å². The minimum absolute atomic E-state index is 0.249. The highest BCUT2D eigenvalue weighted by Crippen LogP contribution is 2.16. The van der Waals surface area contributed by atoms with Gasteiger partial charge in [0.25, 0.3) is 11.3 Å². The van der Waals surface area contributed by atoms with Gasteiger partial charge in [0, 0.05) is 0 Å². The summed E-state index contributed by atoms with van der Waals surface area (Å²) in [5.74, 6) is -0.532. The van der Waals surface area contributed by atoms with Crippen LogP contribution in [0.4, 0.5) is 5.69 Å². The Morgan fingerprint density at radius 3 is 2.47 bits per heavy atom. The molecule has 0 aromatic heterocycles. The minimum atomic E-state index is -2.25. The van der Waals surface area contributed by atoms with Gasteiger partial charge in [0.2, 0.25) is 0 Å². The van der Waals surface area contributed by atoms with Crippen molar-refractivity contribution in [3.8, 4) is 0 Å². The van der Waals surface area contributed by atoms with E-state index in [-0.39, 0.29) is 13.2 Å². The Morgan fingerprint density at radius 2 is 2.00 bits per heavy atom. The number of hydrogen-bond donors (Lipinski definition) is 1. The highest BCUT2D eigenvalue weighted by Gasteiger charge is 2.17. The van der Waals surface area contributed by atoms with Crippen LogP contribution in [0.1, 0.15) is 12.5 Å². The molecule has 0 spiro atoms. The predicted molar refractivity (Wildman–Crippen MR) is 65.9 cm³/mol. The molecule has 0 radical (unpaired) electrons. The largest absolute Gasteiger partial charge is 0.465 e. The van der Waals surface area contributed by atoms with Crippen LogP contribution < -0.4 is 4.31 Å². The summed E-state index contributed by atoms with van der Waals surface area (Å²) in [6.45, 7) is 3.60. The molecule has 0 fully saturated rings. The second-order valence-corrected chi connectivity index (χ2v) is 4.31. The van der Waals surface area contributed by atoms with Crippen LogP contribution in [0, 0.1) is 6.92 Å². The molecule has 1 rings (SSSR count). The fourth-order valence-electron chi connectivity index (χ4n) is 1.27. The van der Waals surface area contributed by atoms with Gasteiger partial charge >= 0.3 is 5.97 Å². The summed E-state index contributed by atoms with van der Waals surface area (Å²) in [7, 11) is 0. The summed E-state index contributed by atoms with van der Waals surface area (Å²) in [4.78, 5) is 11.3. The predicted octanol–water partition coefficient (Wildman–Crippen LogP) is 1.50. The van der Waals surface area contributed by atoms with Gasteiger partial charge in [-0.15, -0.1) is 0 Å². The highest BCUT2D eigenvalue weighted by molar-refractivity contribution is 7.80. The smallest absolute Gasteiger partial charge is 0.326 e. The highest BCUT2D eigenvalue weighted by atomic mass is 32.2. The molecule has 0 aliphatic heterocycles. The molecule has 5 nitrogen and oxygen atoms in total. The lowest BCUT2D eigenvalue weighted by atomic mass is 10.2. The molecule has 94 valence electrons. The molecule has 1 N–H and O–H groups in total. The Hall–Kier alpha value is -1.40. The van der Waals surface area contributed by atoms with Crippen molar-refractivity contribution in [1.29, 1.82) is 0 Å². The van der Waals surface area contributed by atoms with Gasteiger partial charge in [0.15, 0.2) is 0 Å². The van der Waals surface area contributed by atoms with Crippen molar-refractivity contribution in [2.45, 2.75) is 13.8 Å². The van der Waals surface area contributed by atoms with Crippen LogP contribution in [0.15, 0.2) is 24.3 Å². The molecule has 0 aliphatic rings. The zero-order valence-electron chi connectivity index (χ0n) is 9.75. The van der Waals surface area contributed by atoms with Crippen LogP contribution in [-0.4, -0.2) is 27.9 Å². The molecule has 6 heteroatoms. The first kappa shape index (κ1) is 13.7. The third-order valence-corrected chi connectivity index (χ3v) is 2.81. The average Bonchev–Trinajstić information content (AvgIpc) is 2.27. The summed E-state index contributed by atoms with van der Waals surface area (Å²) in [5, 5.41) is 0. The van der Waals surface area contributed by atoms with Crippen molar-refractivity contribution >= 4 is 22.9 Å². The summed E-state index contributed by atoms with van der Waals surface area (Å²) in [6, 6.07) is 6.98. The maximum absolute atomic E-state index is 11.3. The maximum Gasteiger partial charge on any atom is 0.326 e. The Kier molecular flexibility index (Phi) is 5.11. The lowest BCUT2D eigenvalue weighted by molar-refractivity contribution is -0.141. The molecular weight excluding hydrogens is 242 g/mol. The Balaban J connectivity index is 2.82. The minimum Gasteiger partial charge on any atom is -0.465 e. The summed E-state index contributed by atoms with van der Waals surface area (Å²) < 4.78 is 26.1. The number of hydrogen-bond acceptors (Lipinski definition) is 3. The topological polar surface area (TPSA) is 66.8 Å². The molecule has 0 amide bonds. The van der Waals surface area contributed by atoms with E-state index in [1.54, 1.807) is 31.2 Å². The standard InChI is InChI=1S/C11H15NO4S/c1-3-16-11(13)8-12(17(14)15)10-6-4-9(2)5-7-10/h4-7H,3,8H2,1-2H3,(H,14,15). The number of anilines is 1. The molecule has 0 bridgehead atoms.